The molecule has 0 saturated carbocycles. The van der Waals surface area contributed by atoms with Gasteiger partial charge in [0.15, 0.2) is 0 Å². The van der Waals surface area contributed by atoms with Crippen LogP contribution < -0.4 is 5.32 Å². The van der Waals surface area contributed by atoms with E-state index in [1.165, 1.54) is 0 Å². The first-order valence-electron chi connectivity index (χ1n) is 5.91. The van der Waals surface area contributed by atoms with E-state index in [2.05, 4.69) is 5.32 Å². The molecule has 1 unspecified atom stereocenters. The fraction of sp³-hybridized carbons (Fsp3) is 0.538. The molecular formula is C13H18FNO2. The van der Waals surface area contributed by atoms with Gasteiger partial charge in [-0.25, -0.2) is 4.39 Å². The maximum absolute atomic E-state index is 13.3. The van der Waals surface area contributed by atoms with E-state index in [0.717, 1.165) is 12.1 Å². The minimum atomic E-state index is -0.151. The van der Waals surface area contributed by atoms with Gasteiger partial charge in [-0.05, 0) is 24.1 Å². The van der Waals surface area contributed by atoms with Crippen molar-refractivity contribution in [1.29, 1.82) is 0 Å². The topological polar surface area (TPSA) is 30.5 Å². The average Bonchev–Trinajstić information content (AvgIpc) is 2.35. The number of benzene rings is 1. The molecule has 1 heterocycles. The van der Waals surface area contributed by atoms with Crippen molar-refractivity contribution in [3.8, 4) is 0 Å². The number of hydrogen-bond donors (Lipinski definition) is 1. The zero-order valence-corrected chi connectivity index (χ0v) is 10.0. The van der Waals surface area contributed by atoms with Crippen LogP contribution in [0.1, 0.15) is 11.1 Å². The molecule has 94 valence electrons. The van der Waals surface area contributed by atoms with Crippen LogP contribution in [0, 0.1) is 12.7 Å². The molecule has 1 aliphatic heterocycles. The maximum atomic E-state index is 13.3. The number of ether oxygens (including phenoxy) is 2. The van der Waals surface area contributed by atoms with Crippen molar-refractivity contribution in [2.75, 3.05) is 26.4 Å². The second-order valence-corrected chi connectivity index (χ2v) is 4.28. The van der Waals surface area contributed by atoms with Gasteiger partial charge in [0.1, 0.15) is 5.82 Å². The number of nitrogens with one attached hydrogen (secondary N) is 1. The second-order valence-electron chi connectivity index (χ2n) is 4.28. The standard InChI is InChI=1S/C13H18FNO2/c1-10-2-3-11(6-13(10)14)7-15-8-12-9-16-4-5-17-12/h2-3,6,12,15H,4-5,7-9H2,1H3. The lowest BCUT2D eigenvalue weighted by Gasteiger charge is -2.23. The summed E-state index contributed by atoms with van der Waals surface area (Å²) in [6.07, 6.45) is 0.110. The lowest BCUT2D eigenvalue weighted by Crippen LogP contribution is -2.37. The number of halogens is 1. The fourth-order valence-electron chi connectivity index (χ4n) is 1.78. The van der Waals surface area contributed by atoms with E-state index in [1.54, 1.807) is 19.1 Å². The Morgan fingerprint density at radius 3 is 3.00 bits per heavy atom. The molecule has 1 aliphatic rings. The molecule has 1 N–H and O–H groups in total. The summed E-state index contributed by atoms with van der Waals surface area (Å²) in [5.41, 5.74) is 1.63. The van der Waals surface area contributed by atoms with Crippen LogP contribution in [0.3, 0.4) is 0 Å². The van der Waals surface area contributed by atoms with Crippen molar-refractivity contribution >= 4 is 0 Å². The predicted octanol–water partition coefficient (Wildman–Crippen LogP) is 1.64. The van der Waals surface area contributed by atoms with Gasteiger partial charge in [-0.1, -0.05) is 12.1 Å². The molecule has 1 saturated heterocycles. The van der Waals surface area contributed by atoms with E-state index in [4.69, 9.17) is 9.47 Å². The third-order valence-corrected chi connectivity index (χ3v) is 2.82. The largest absolute Gasteiger partial charge is 0.376 e. The van der Waals surface area contributed by atoms with Gasteiger partial charge in [0.05, 0.1) is 25.9 Å². The molecule has 0 bridgehead atoms. The van der Waals surface area contributed by atoms with Crippen LogP contribution in [0.2, 0.25) is 0 Å². The van der Waals surface area contributed by atoms with Crippen LogP contribution in [0.25, 0.3) is 0 Å². The van der Waals surface area contributed by atoms with Gasteiger partial charge >= 0.3 is 0 Å². The summed E-state index contributed by atoms with van der Waals surface area (Å²) in [4.78, 5) is 0. The highest BCUT2D eigenvalue weighted by molar-refractivity contribution is 5.23. The van der Waals surface area contributed by atoms with Crippen molar-refractivity contribution in [2.45, 2.75) is 19.6 Å². The highest BCUT2D eigenvalue weighted by atomic mass is 19.1. The summed E-state index contributed by atoms with van der Waals surface area (Å²) in [5.74, 6) is -0.151. The van der Waals surface area contributed by atoms with Gasteiger partial charge in [0, 0.05) is 13.1 Å². The van der Waals surface area contributed by atoms with Gasteiger partial charge in [0.25, 0.3) is 0 Å². The highest BCUT2D eigenvalue weighted by Crippen LogP contribution is 2.09. The van der Waals surface area contributed by atoms with E-state index in [-0.39, 0.29) is 11.9 Å². The molecule has 3 nitrogen and oxygen atoms in total. The summed E-state index contributed by atoms with van der Waals surface area (Å²) in [5, 5.41) is 3.25. The molecule has 2 rings (SSSR count). The van der Waals surface area contributed by atoms with Gasteiger partial charge in [0.2, 0.25) is 0 Å². The molecule has 1 aromatic carbocycles. The molecule has 17 heavy (non-hydrogen) atoms. The Labute approximate surface area is 101 Å². The highest BCUT2D eigenvalue weighted by Gasteiger charge is 2.13. The number of aryl methyl sites for hydroxylation is 1. The molecule has 1 atom stereocenters. The van der Waals surface area contributed by atoms with Crippen LogP contribution >= 0.6 is 0 Å². The molecule has 0 amide bonds. The van der Waals surface area contributed by atoms with Gasteiger partial charge in [-0.15, -0.1) is 0 Å². The Balaban J connectivity index is 1.75. The van der Waals surface area contributed by atoms with Crippen molar-refractivity contribution < 1.29 is 13.9 Å². The van der Waals surface area contributed by atoms with Crippen LogP contribution in [-0.2, 0) is 16.0 Å². The Kier molecular flexibility index (Phi) is 4.48. The van der Waals surface area contributed by atoms with Crippen molar-refractivity contribution in [3.63, 3.8) is 0 Å². The summed E-state index contributed by atoms with van der Waals surface area (Å²) >= 11 is 0. The predicted molar refractivity (Wildman–Crippen MR) is 63.4 cm³/mol. The van der Waals surface area contributed by atoms with E-state index < -0.39 is 0 Å². The van der Waals surface area contributed by atoms with Crippen LogP contribution in [0.5, 0.6) is 0 Å². The summed E-state index contributed by atoms with van der Waals surface area (Å²) in [6, 6.07) is 5.30. The Morgan fingerprint density at radius 1 is 1.41 bits per heavy atom. The zero-order valence-electron chi connectivity index (χ0n) is 10.0. The minimum Gasteiger partial charge on any atom is -0.376 e. The van der Waals surface area contributed by atoms with Gasteiger partial charge < -0.3 is 14.8 Å². The van der Waals surface area contributed by atoms with Gasteiger partial charge in [-0.3, -0.25) is 0 Å². The molecule has 1 fully saturated rings. The van der Waals surface area contributed by atoms with Crippen molar-refractivity contribution in [1.82, 2.24) is 5.32 Å². The minimum absolute atomic E-state index is 0.110. The van der Waals surface area contributed by atoms with Crippen LogP contribution in [0.15, 0.2) is 18.2 Å². The number of hydrogen-bond acceptors (Lipinski definition) is 3. The smallest absolute Gasteiger partial charge is 0.126 e. The quantitative estimate of drug-likeness (QED) is 0.866. The lowest BCUT2D eigenvalue weighted by atomic mass is 10.1. The number of rotatable bonds is 4. The van der Waals surface area contributed by atoms with E-state index in [0.29, 0.717) is 31.9 Å². The Bertz CT molecular complexity index is 364. The van der Waals surface area contributed by atoms with Crippen LogP contribution in [-0.4, -0.2) is 32.5 Å². The molecule has 0 radical (unpaired) electrons. The molecule has 1 aromatic rings. The maximum Gasteiger partial charge on any atom is 0.126 e. The van der Waals surface area contributed by atoms with Crippen molar-refractivity contribution in [3.05, 3.63) is 35.1 Å². The first-order chi connectivity index (χ1) is 8.25. The zero-order chi connectivity index (χ0) is 12.1. The second kappa shape index (κ2) is 6.10. The van der Waals surface area contributed by atoms with Crippen LogP contribution in [0.4, 0.5) is 4.39 Å². The molecule has 0 aliphatic carbocycles. The Hall–Kier alpha value is -0.970. The third-order valence-electron chi connectivity index (χ3n) is 2.82. The summed E-state index contributed by atoms with van der Waals surface area (Å²) < 4.78 is 24.1. The van der Waals surface area contributed by atoms with E-state index in [1.807, 2.05) is 6.07 Å². The third kappa shape index (κ3) is 3.77. The SMILES string of the molecule is Cc1ccc(CNCC2COCCO2)cc1F. The normalized spacial score (nSPS) is 20.5. The first-order valence-corrected chi connectivity index (χ1v) is 5.91. The van der Waals surface area contributed by atoms with E-state index >= 15 is 0 Å². The van der Waals surface area contributed by atoms with Crippen molar-refractivity contribution in [2.24, 2.45) is 0 Å². The average molecular weight is 239 g/mol. The summed E-state index contributed by atoms with van der Waals surface area (Å²) in [7, 11) is 0. The molecule has 0 spiro atoms. The molecule has 0 aromatic heterocycles. The molecular weight excluding hydrogens is 221 g/mol. The monoisotopic (exact) mass is 239 g/mol. The summed E-state index contributed by atoms with van der Waals surface area (Å²) in [6.45, 7) is 5.12. The Morgan fingerprint density at radius 2 is 2.29 bits per heavy atom. The first kappa shape index (κ1) is 12.5. The van der Waals surface area contributed by atoms with E-state index in [9.17, 15) is 4.39 Å². The fourth-order valence-corrected chi connectivity index (χ4v) is 1.78. The van der Waals surface area contributed by atoms with Gasteiger partial charge in [-0.2, -0.15) is 0 Å². The lowest BCUT2D eigenvalue weighted by molar-refractivity contribution is -0.0864. The molecule has 4 heteroatoms.